The first-order chi connectivity index (χ1) is 13.2. The molecule has 152 valence electrons. The smallest absolute Gasteiger partial charge is 0.341 e. The van der Waals surface area contributed by atoms with E-state index in [-0.39, 0.29) is 19.3 Å². The first-order valence-corrected chi connectivity index (χ1v) is 8.37. The van der Waals surface area contributed by atoms with E-state index < -0.39 is 60.8 Å². The number of amides is 2. The highest BCUT2D eigenvalue weighted by Crippen LogP contribution is 2.31. The molecule has 0 bridgehead atoms. The third kappa shape index (κ3) is 4.07. The van der Waals surface area contributed by atoms with Crippen molar-refractivity contribution in [2.24, 2.45) is 5.73 Å². The Labute approximate surface area is 158 Å². The summed E-state index contributed by atoms with van der Waals surface area (Å²) in [5.74, 6) is -5.98. The minimum Gasteiger partial charge on any atom is -0.481 e. The number of hydrogen-bond donors (Lipinski definition) is 4. The third-order valence-corrected chi connectivity index (χ3v) is 4.23. The normalized spacial score (nSPS) is 17.3. The first-order valence-electron chi connectivity index (χ1n) is 8.37. The number of aromatic nitrogens is 2. The maximum absolute atomic E-state index is 13.2. The van der Waals surface area contributed by atoms with Crippen molar-refractivity contribution in [3.8, 4) is 0 Å². The largest absolute Gasteiger partial charge is 0.481 e. The number of H-pyrrole nitrogens is 1. The Hall–Kier alpha value is -3.12. The number of ketones is 1. The summed E-state index contributed by atoms with van der Waals surface area (Å²) in [6, 6.07) is -1.45. The molecule has 1 aromatic heterocycles. The number of Topliss-reactive ketones (excluding diaryl/α,β-unsaturated/α-hetero) is 1. The molecule has 1 fully saturated rings. The minimum absolute atomic E-state index is 0.173. The van der Waals surface area contributed by atoms with Gasteiger partial charge < -0.3 is 25.7 Å². The van der Waals surface area contributed by atoms with Gasteiger partial charge in [0, 0.05) is 25.5 Å². The predicted octanol–water partition coefficient (Wildman–Crippen LogP) is -2.25. The van der Waals surface area contributed by atoms with Crippen LogP contribution in [0.4, 0.5) is 0 Å². The van der Waals surface area contributed by atoms with Gasteiger partial charge in [0.05, 0.1) is 31.1 Å². The average Bonchev–Trinajstić information content (AvgIpc) is 3.26. The molecule has 0 aliphatic carbocycles. The molecule has 5 N–H and O–H groups in total. The van der Waals surface area contributed by atoms with Crippen LogP contribution in [0.5, 0.6) is 0 Å². The van der Waals surface area contributed by atoms with Gasteiger partial charge in [-0.2, -0.15) is 0 Å². The van der Waals surface area contributed by atoms with Gasteiger partial charge >= 0.3 is 11.9 Å². The van der Waals surface area contributed by atoms with E-state index >= 15 is 0 Å². The molecule has 2 atom stereocenters. The second-order valence-corrected chi connectivity index (χ2v) is 6.15. The number of carboxylic acid groups (broad SMARTS) is 1. The molecule has 2 rings (SSSR count). The predicted molar refractivity (Wildman–Crippen MR) is 89.4 cm³/mol. The van der Waals surface area contributed by atoms with Crippen LogP contribution in [0, 0.1) is 0 Å². The molecule has 1 aliphatic heterocycles. The Morgan fingerprint density at radius 1 is 1.32 bits per heavy atom. The Morgan fingerprint density at radius 3 is 2.46 bits per heavy atom. The van der Waals surface area contributed by atoms with Crippen LogP contribution in [0.2, 0.25) is 0 Å². The van der Waals surface area contributed by atoms with Gasteiger partial charge in [0.15, 0.2) is 5.78 Å². The van der Waals surface area contributed by atoms with Crippen molar-refractivity contribution in [3.63, 3.8) is 0 Å². The number of nitrogens with one attached hydrogen (secondary N) is 1. The van der Waals surface area contributed by atoms with E-state index in [0.29, 0.717) is 10.6 Å². The second-order valence-electron chi connectivity index (χ2n) is 6.15. The summed E-state index contributed by atoms with van der Waals surface area (Å²) in [6.07, 6.45) is 0.835. The Morgan fingerprint density at radius 2 is 1.96 bits per heavy atom. The number of aliphatic hydroxyl groups excluding tert-OH is 1. The maximum Gasteiger partial charge on any atom is 0.341 e. The number of imidazole rings is 1. The van der Waals surface area contributed by atoms with Crippen molar-refractivity contribution in [2.75, 3.05) is 13.2 Å². The van der Waals surface area contributed by atoms with Gasteiger partial charge in [-0.15, -0.1) is 0 Å². The van der Waals surface area contributed by atoms with Crippen LogP contribution in [0.1, 0.15) is 25.0 Å². The molecular weight excluding hydrogens is 376 g/mol. The first kappa shape index (κ1) is 21.2. The number of nitrogens with zero attached hydrogens (tertiary/aromatic N) is 2. The topological polar surface area (TPSA) is 193 Å². The van der Waals surface area contributed by atoms with Crippen molar-refractivity contribution in [3.05, 3.63) is 18.2 Å². The van der Waals surface area contributed by atoms with Crippen LogP contribution >= 0.6 is 0 Å². The van der Waals surface area contributed by atoms with Crippen molar-refractivity contribution < 1.29 is 38.9 Å². The monoisotopic (exact) mass is 396 g/mol. The number of imide groups is 1. The van der Waals surface area contributed by atoms with E-state index in [1.807, 2.05) is 0 Å². The maximum atomic E-state index is 13.2. The molecule has 2 amide bonds. The number of rotatable bonds is 10. The van der Waals surface area contributed by atoms with Crippen LogP contribution in [-0.2, 0) is 35.1 Å². The average molecular weight is 396 g/mol. The number of aliphatic hydroxyl groups is 1. The molecule has 2 heterocycles. The molecule has 12 heteroatoms. The standard InChI is InChI=1S/C16H20N4O8/c17-10(5-9-7-18-8-19-9)14(26)16(6-13(24)25,15(27)28-4-3-21)20-11(22)1-2-12(20)23/h7-8,10,21H,1-6,17H2,(H,18,19)(H,24,25)/t10-,16?/m0/s1. The Kier molecular flexibility index (Phi) is 6.59. The number of carboxylic acids is 1. The van der Waals surface area contributed by atoms with Crippen LogP contribution < -0.4 is 5.73 Å². The summed E-state index contributed by atoms with van der Waals surface area (Å²) >= 11 is 0. The van der Waals surface area contributed by atoms with Gasteiger partial charge in [-0.1, -0.05) is 0 Å². The number of ether oxygens (including phenoxy) is 1. The molecule has 1 saturated heterocycles. The zero-order valence-electron chi connectivity index (χ0n) is 14.8. The number of hydrogen-bond acceptors (Lipinski definition) is 9. The number of esters is 1. The molecule has 0 saturated carbocycles. The molecule has 12 nitrogen and oxygen atoms in total. The third-order valence-electron chi connectivity index (χ3n) is 4.23. The summed E-state index contributed by atoms with van der Waals surface area (Å²) < 4.78 is 4.78. The number of carbonyl (C=O) groups is 5. The van der Waals surface area contributed by atoms with Gasteiger partial charge in [-0.3, -0.25) is 24.1 Å². The lowest BCUT2D eigenvalue weighted by atomic mass is 9.83. The van der Waals surface area contributed by atoms with Gasteiger partial charge in [0.1, 0.15) is 6.61 Å². The van der Waals surface area contributed by atoms with E-state index in [9.17, 15) is 29.1 Å². The summed E-state index contributed by atoms with van der Waals surface area (Å²) in [4.78, 5) is 68.9. The lowest BCUT2D eigenvalue weighted by Crippen LogP contribution is -2.67. The zero-order chi connectivity index (χ0) is 20.9. The lowest BCUT2D eigenvalue weighted by Gasteiger charge is -2.37. The van der Waals surface area contributed by atoms with E-state index in [4.69, 9.17) is 15.6 Å². The van der Waals surface area contributed by atoms with E-state index in [1.165, 1.54) is 12.5 Å². The Bertz CT molecular complexity index is 762. The van der Waals surface area contributed by atoms with Crippen molar-refractivity contribution in [2.45, 2.75) is 37.3 Å². The lowest BCUT2D eigenvalue weighted by molar-refractivity contribution is -0.175. The number of nitrogens with two attached hydrogens (primary N) is 1. The van der Waals surface area contributed by atoms with Gasteiger partial charge in [-0.25, -0.2) is 9.78 Å². The number of carbonyl (C=O) groups excluding carboxylic acids is 4. The highest BCUT2D eigenvalue weighted by atomic mass is 16.5. The van der Waals surface area contributed by atoms with Gasteiger partial charge in [0.2, 0.25) is 17.4 Å². The molecular formula is C16H20N4O8. The molecule has 0 spiro atoms. The summed E-state index contributed by atoms with van der Waals surface area (Å²) in [5, 5.41) is 18.2. The van der Waals surface area contributed by atoms with Gasteiger partial charge in [0.25, 0.3) is 0 Å². The molecule has 1 aromatic rings. The van der Waals surface area contributed by atoms with Crippen molar-refractivity contribution in [1.82, 2.24) is 14.9 Å². The number of aromatic amines is 1. The van der Waals surface area contributed by atoms with E-state index in [2.05, 4.69) is 9.97 Å². The highest BCUT2D eigenvalue weighted by Gasteiger charge is 2.60. The molecule has 1 aliphatic rings. The second kappa shape index (κ2) is 8.71. The van der Waals surface area contributed by atoms with Crippen molar-refractivity contribution >= 4 is 29.5 Å². The van der Waals surface area contributed by atoms with Crippen molar-refractivity contribution in [1.29, 1.82) is 0 Å². The summed E-state index contributed by atoms with van der Waals surface area (Å²) in [6.45, 7) is -1.16. The molecule has 1 unspecified atom stereocenters. The molecule has 28 heavy (non-hydrogen) atoms. The SMILES string of the molecule is N[C@@H](Cc1c[nH]cn1)C(=O)C(CC(=O)O)(C(=O)OCCO)N1C(=O)CCC1=O. The Balaban J connectivity index is 2.51. The minimum atomic E-state index is -2.76. The van der Waals surface area contributed by atoms with E-state index in [0.717, 1.165) is 0 Å². The zero-order valence-corrected chi connectivity index (χ0v) is 14.8. The van der Waals surface area contributed by atoms with Crippen LogP contribution in [0.25, 0.3) is 0 Å². The highest BCUT2D eigenvalue weighted by molar-refractivity contribution is 6.20. The molecule has 0 aromatic carbocycles. The quantitative estimate of drug-likeness (QED) is 0.191. The summed E-state index contributed by atoms with van der Waals surface area (Å²) in [7, 11) is 0. The fourth-order valence-electron chi connectivity index (χ4n) is 3.05. The molecule has 0 radical (unpaired) electrons. The summed E-state index contributed by atoms with van der Waals surface area (Å²) in [5.41, 5.74) is 3.48. The fourth-order valence-corrected chi connectivity index (χ4v) is 3.05. The van der Waals surface area contributed by atoms with E-state index in [1.54, 1.807) is 0 Å². The van der Waals surface area contributed by atoms with Crippen LogP contribution in [0.3, 0.4) is 0 Å². The fraction of sp³-hybridized carbons (Fsp3) is 0.500. The number of aliphatic carboxylic acids is 1. The van der Waals surface area contributed by atoms with Crippen LogP contribution in [-0.4, -0.2) is 79.4 Å². The van der Waals surface area contributed by atoms with Crippen LogP contribution in [0.15, 0.2) is 12.5 Å². The number of likely N-dealkylation sites (tertiary alicyclic amines) is 1. The van der Waals surface area contributed by atoms with Gasteiger partial charge in [-0.05, 0) is 0 Å².